The first-order valence-corrected chi connectivity index (χ1v) is 9.43. The van der Waals surface area contributed by atoms with E-state index in [-0.39, 0.29) is 5.91 Å². The first kappa shape index (κ1) is 18.7. The number of ether oxygens (including phenoxy) is 1. The first-order chi connectivity index (χ1) is 12.7. The van der Waals surface area contributed by atoms with E-state index < -0.39 is 0 Å². The number of carbonyl (C=O) groups excluding carboxylic acids is 1. The van der Waals surface area contributed by atoms with E-state index in [9.17, 15) is 4.79 Å². The second kappa shape index (κ2) is 9.06. The van der Waals surface area contributed by atoms with Crippen molar-refractivity contribution in [3.63, 3.8) is 0 Å². The Kier molecular flexibility index (Phi) is 6.53. The van der Waals surface area contributed by atoms with Gasteiger partial charge in [0, 0.05) is 29.7 Å². The van der Waals surface area contributed by atoms with Crippen LogP contribution in [0.1, 0.15) is 24.0 Å². The van der Waals surface area contributed by atoms with Crippen LogP contribution < -0.4 is 10.1 Å². The van der Waals surface area contributed by atoms with Gasteiger partial charge in [0.05, 0.1) is 6.42 Å². The highest BCUT2D eigenvalue weighted by atomic mass is 35.5. The summed E-state index contributed by atoms with van der Waals surface area (Å²) in [5.41, 5.74) is 1.92. The monoisotopic (exact) mass is 372 g/mol. The highest BCUT2D eigenvalue weighted by Crippen LogP contribution is 2.20. The lowest BCUT2D eigenvalue weighted by molar-refractivity contribution is -0.131. The van der Waals surface area contributed by atoms with E-state index in [2.05, 4.69) is 5.32 Å². The number of nitrogens with one attached hydrogen (secondary N) is 1. The minimum Gasteiger partial charge on any atom is -0.489 e. The number of benzene rings is 2. The number of carbonyl (C=O) groups is 1. The number of halogens is 1. The van der Waals surface area contributed by atoms with Gasteiger partial charge in [0.15, 0.2) is 0 Å². The fourth-order valence-corrected chi connectivity index (χ4v) is 3.44. The van der Waals surface area contributed by atoms with Crippen molar-refractivity contribution in [2.45, 2.75) is 31.9 Å². The highest BCUT2D eigenvalue weighted by molar-refractivity contribution is 6.31. The summed E-state index contributed by atoms with van der Waals surface area (Å²) in [5.74, 6) is 0.926. The van der Waals surface area contributed by atoms with Crippen LogP contribution in [-0.4, -0.2) is 37.0 Å². The zero-order valence-corrected chi connectivity index (χ0v) is 15.8. The summed E-state index contributed by atoms with van der Waals surface area (Å²) in [4.78, 5) is 14.6. The Labute approximate surface area is 160 Å². The molecule has 1 amide bonds. The van der Waals surface area contributed by atoms with E-state index in [1.54, 1.807) is 0 Å². The molecule has 1 unspecified atom stereocenters. The molecule has 0 spiro atoms. The van der Waals surface area contributed by atoms with E-state index in [1.807, 2.05) is 60.5 Å². The molecule has 0 aromatic heterocycles. The number of nitrogens with zero attached hydrogens (tertiary/aromatic N) is 1. The predicted octanol–water partition coefficient (Wildman–Crippen LogP) is 3.67. The summed E-state index contributed by atoms with van der Waals surface area (Å²) in [6, 6.07) is 15.8. The van der Waals surface area contributed by atoms with Crippen LogP contribution in [0.5, 0.6) is 5.75 Å². The van der Waals surface area contributed by atoms with Crippen LogP contribution in [0.4, 0.5) is 0 Å². The Morgan fingerprint density at radius 3 is 2.92 bits per heavy atom. The van der Waals surface area contributed by atoms with E-state index in [0.29, 0.717) is 24.1 Å². The maximum absolute atomic E-state index is 12.6. The van der Waals surface area contributed by atoms with Gasteiger partial charge in [-0.2, -0.15) is 0 Å². The largest absolute Gasteiger partial charge is 0.489 e. The molecule has 1 aliphatic rings. The molecule has 2 aromatic rings. The summed E-state index contributed by atoms with van der Waals surface area (Å²) in [6.07, 6.45) is 2.59. The minimum atomic E-state index is 0.174. The second-order valence-electron chi connectivity index (χ2n) is 6.67. The molecule has 1 fully saturated rings. The Morgan fingerprint density at radius 1 is 1.27 bits per heavy atom. The normalized spacial score (nSPS) is 17.2. The maximum atomic E-state index is 12.6. The van der Waals surface area contributed by atoms with Gasteiger partial charge in [-0.1, -0.05) is 41.9 Å². The smallest absolute Gasteiger partial charge is 0.227 e. The van der Waals surface area contributed by atoms with Crippen molar-refractivity contribution in [2.75, 3.05) is 20.1 Å². The molecule has 0 aliphatic carbocycles. The van der Waals surface area contributed by atoms with Crippen molar-refractivity contribution in [1.82, 2.24) is 10.2 Å². The Morgan fingerprint density at radius 2 is 2.12 bits per heavy atom. The van der Waals surface area contributed by atoms with E-state index in [1.165, 1.54) is 0 Å². The summed E-state index contributed by atoms with van der Waals surface area (Å²) >= 11 is 6.17. The van der Waals surface area contributed by atoms with Gasteiger partial charge in [-0.05, 0) is 43.7 Å². The summed E-state index contributed by atoms with van der Waals surface area (Å²) in [5, 5.41) is 3.97. The molecule has 1 heterocycles. The molecule has 138 valence electrons. The van der Waals surface area contributed by atoms with Crippen LogP contribution in [0.15, 0.2) is 48.5 Å². The van der Waals surface area contributed by atoms with Gasteiger partial charge in [0.2, 0.25) is 5.91 Å². The van der Waals surface area contributed by atoms with Crippen LogP contribution in [0.3, 0.4) is 0 Å². The van der Waals surface area contributed by atoms with E-state index >= 15 is 0 Å². The van der Waals surface area contributed by atoms with Gasteiger partial charge in [0.1, 0.15) is 12.4 Å². The number of hydrogen-bond acceptors (Lipinski definition) is 3. The zero-order chi connectivity index (χ0) is 18.4. The van der Waals surface area contributed by atoms with Crippen LogP contribution in [0, 0.1) is 0 Å². The van der Waals surface area contributed by atoms with Crippen LogP contribution >= 0.6 is 11.6 Å². The van der Waals surface area contributed by atoms with Crippen molar-refractivity contribution < 1.29 is 9.53 Å². The molecule has 1 saturated heterocycles. The molecular formula is C21H25ClN2O2. The first-order valence-electron chi connectivity index (χ1n) is 9.06. The SMILES string of the molecule is CNC1CCCN(C(=O)Cc2cccc(OCc3ccccc3Cl)c2)C1. The fourth-order valence-electron chi connectivity index (χ4n) is 3.25. The Balaban J connectivity index is 1.58. The lowest BCUT2D eigenvalue weighted by Crippen LogP contribution is -2.47. The molecule has 1 atom stereocenters. The van der Waals surface area contributed by atoms with Gasteiger partial charge >= 0.3 is 0 Å². The standard InChI is InChI=1S/C21H25ClN2O2/c1-23-18-8-5-11-24(14-18)21(25)13-16-6-4-9-19(12-16)26-15-17-7-2-3-10-20(17)22/h2-4,6-7,9-10,12,18,23H,5,8,11,13-15H2,1H3. The Hall–Kier alpha value is -2.04. The molecular weight excluding hydrogens is 348 g/mol. The van der Waals surface area contributed by atoms with Crippen molar-refractivity contribution in [3.8, 4) is 5.75 Å². The third kappa shape index (κ3) is 4.99. The molecule has 1 aliphatic heterocycles. The number of likely N-dealkylation sites (N-methyl/N-ethyl adjacent to an activating group) is 1. The average Bonchev–Trinajstić information content (AvgIpc) is 2.67. The van der Waals surface area contributed by atoms with Crippen molar-refractivity contribution in [3.05, 3.63) is 64.7 Å². The maximum Gasteiger partial charge on any atom is 0.227 e. The van der Waals surface area contributed by atoms with Crippen molar-refractivity contribution >= 4 is 17.5 Å². The lowest BCUT2D eigenvalue weighted by atomic mass is 10.0. The molecule has 0 saturated carbocycles. The van der Waals surface area contributed by atoms with Gasteiger partial charge in [-0.3, -0.25) is 4.79 Å². The second-order valence-corrected chi connectivity index (χ2v) is 7.08. The molecule has 1 N–H and O–H groups in total. The average molecular weight is 373 g/mol. The predicted molar refractivity (Wildman–Crippen MR) is 105 cm³/mol. The quantitative estimate of drug-likeness (QED) is 0.841. The van der Waals surface area contributed by atoms with Gasteiger partial charge in [-0.25, -0.2) is 0 Å². The number of likely N-dealkylation sites (tertiary alicyclic amines) is 1. The van der Waals surface area contributed by atoms with Gasteiger partial charge < -0.3 is 15.0 Å². The van der Waals surface area contributed by atoms with Crippen molar-refractivity contribution in [2.24, 2.45) is 0 Å². The van der Waals surface area contributed by atoms with Crippen LogP contribution in [0.2, 0.25) is 5.02 Å². The van der Waals surface area contributed by atoms with Crippen LogP contribution in [-0.2, 0) is 17.8 Å². The van der Waals surface area contributed by atoms with Crippen LogP contribution in [0.25, 0.3) is 0 Å². The number of piperidine rings is 1. The lowest BCUT2D eigenvalue weighted by Gasteiger charge is -2.32. The molecule has 3 rings (SSSR count). The number of rotatable bonds is 6. The van der Waals surface area contributed by atoms with E-state index in [0.717, 1.165) is 42.8 Å². The topological polar surface area (TPSA) is 41.6 Å². The highest BCUT2D eigenvalue weighted by Gasteiger charge is 2.22. The van der Waals surface area contributed by atoms with Gasteiger partial charge in [-0.15, -0.1) is 0 Å². The number of amides is 1. The number of hydrogen-bond donors (Lipinski definition) is 1. The minimum absolute atomic E-state index is 0.174. The molecule has 0 bridgehead atoms. The molecule has 5 heteroatoms. The molecule has 26 heavy (non-hydrogen) atoms. The Bertz CT molecular complexity index is 750. The summed E-state index contributed by atoms with van der Waals surface area (Å²) in [7, 11) is 1.96. The summed E-state index contributed by atoms with van der Waals surface area (Å²) < 4.78 is 5.86. The fraction of sp³-hybridized carbons (Fsp3) is 0.381. The third-order valence-corrected chi connectivity index (χ3v) is 5.16. The molecule has 0 radical (unpaired) electrons. The van der Waals surface area contributed by atoms with Crippen molar-refractivity contribution in [1.29, 1.82) is 0 Å². The van der Waals surface area contributed by atoms with E-state index in [4.69, 9.17) is 16.3 Å². The van der Waals surface area contributed by atoms with Gasteiger partial charge in [0.25, 0.3) is 0 Å². The summed E-state index contributed by atoms with van der Waals surface area (Å²) in [6.45, 7) is 2.05. The third-order valence-electron chi connectivity index (χ3n) is 4.79. The molecule has 4 nitrogen and oxygen atoms in total. The molecule has 2 aromatic carbocycles. The zero-order valence-electron chi connectivity index (χ0n) is 15.1.